The van der Waals surface area contributed by atoms with E-state index in [4.69, 9.17) is 5.73 Å². The summed E-state index contributed by atoms with van der Waals surface area (Å²) < 4.78 is 0. The summed E-state index contributed by atoms with van der Waals surface area (Å²) in [6.07, 6.45) is 1.60. The molecule has 1 aromatic carbocycles. The second kappa shape index (κ2) is 4.10. The molecule has 1 aromatic heterocycles. The summed E-state index contributed by atoms with van der Waals surface area (Å²) in [6, 6.07) is 11.1. The molecule has 0 bridgehead atoms. The van der Waals surface area contributed by atoms with Gasteiger partial charge in [-0.3, -0.25) is 4.79 Å². The first-order valence-electron chi connectivity index (χ1n) is 4.95. The summed E-state index contributed by atoms with van der Waals surface area (Å²) in [7, 11) is 1.73. The number of nitrogens with zero attached hydrogens (tertiary/aromatic N) is 1. The van der Waals surface area contributed by atoms with Crippen LogP contribution in [0.1, 0.15) is 10.5 Å². The van der Waals surface area contributed by atoms with Crippen molar-refractivity contribution >= 4 is 17.3 Å². The van der Waals surface area contributed by atoms with Gasteiger partial charge in [0.05, 0.1) is 0 Å². The van der Waals surface area contributed by atoms with Crippen molar-refractivity contribution in [1.82, 2.24) is 4.98 Å². The highest BCUT2D eigenvalue weighted by Crippen LogP contribution is 2.15. The van der Waals surface area contributed by atoms with E-state index in [1.165, 1.54) is 0 Å². The molecule has 4 nitrogen and oxygen atoms in total. The van der Waals surface area contributed by atoms with Crippen LogP contribution in [0.3, 0.4) is 0 Å². The van der Waals surface area contributed by atoms with E-state index >= 15 is 0 Å². The Morgan fingerprint density at radius 2 is 2.00 bits per heavy atom. The van der Waals surface area contributed by atoms with E-state index in [9.17, 15) is 4.79 Å². The Labute approximate surface area is 93.7 Å². The van der Waals surface area contributed by atoms with E-state index in [2.05, 4.69) is 4.98 Å². The number of nitrogens with one attached hydrogen (secondary N) is 1. The summed E-state index contributed by atoms with van der Waals surface area (Å²) in [5.41, 5.74) is 7.45. The molecule has 0 saturated heterocycles. The molecule has 2 rings (SSSR count). The van der Waals surface area contributed by atoms with Crippen molar-refractivity contribution in [2.75, 3.05) is 17.7 Å². The first kappa shape index (κ1) is 10.3. The van der Waals surface area contributed by atoms with Crippen LogP contribution in [0.2, 0.25) is 0 Å². The maximum Gasteiger partial charge on any atom is 0.274 e. The van der Waals surface area contributed by atoms with Gasteiger partial charge in [0.2, 0.25) is 0 Å². The third-order valence-electron chi connectivity index (χ3n) is 2.38. The maximum atomic E-state index is 12.0. The molecule has 16 heavy (non-hydrogen) atoms. The summed E-state index contributed by atoms with van der Waals surface area (Å²) in [4.78, 5) is 16.4. The monoisotopic (exact) mass is 215 g/mol. The van der Waals surface area contributed by atoms with Crippen molar-refractivity contribution in [1.29, 1.82) is 0 Å². The fourth-order valence-corrected chi connectivity index (χ4v) is 1.48. The molecular weight excluding hydrogens is 202 g/mol. The molecular formula is C12H13N3O. The Bertz CT molecular complexity index is 490. The number of carbonyl (C=O) groups is 1. The smallest absolute Gasteiger partial charge is 0.274 e. The highest BCUT2D eigenvalue weighted by Gasteiger charge is 2.14. The second-order valence-corrected chi connectivity index (χ2v) is 3.55. The molecule has 0 fully saturated rings. The van der Waals surface area contributed by atoms with Gasteiger partial charge in [-0.05, 0) is 18.2 Å². The molecule has 0 aliphatic heterocycles. The lowest BCUT2D eigenvalue weighted by molar-refractivity contribution is 0.0989. The lowest BCUT2D eigenvalue weighted by Gasteiger charge is -2.16. The molecule has 4 heteroatoms. The Hall–Kier alpha value is -2.23. The minimum atomic E-state index is -0.108. The van der Waals surface area contributed by atoms with Crippen molar-refractivity contribution in [3.8, 4) is 0 Å². The zero-order valence-electron chi connectivity index (χ0n) is 8.97. The van der Waals surface area contributed by atoms with Crippen molar-refractivity contribution in [3.63, 3.8) is 0 Å². The molecule has 1 heterocycles. The van der Waals surface area contributed by atoms with Crippen LogP contribution >= 0.6 is 0 Å². The highest BCUT2D eigenvalue weighted by molar-refractivity contribution is 6.04. The molecule has 0 saturated carbocycles. The van der Waals surface area contributed by atoms with Crippen LogP contribution in [0.5, 0.6) is 0 Å². The minimum Gasteiger partial charge on any atom is -0.397 e. The lowest BCUT2D eigenvalue weighted by Crippen LogP contribution is -2.26. The number of para-hydroxylation sites is 1. The molecule has 0 radical (unpaired) electrons. The number of benzene rings is 1. The van der Waals surface area contributed by atoms with Crippen LogP contribution in [0, 0.1) is 0 Å². The van der Waals surface area contributed by atoms with Gasteiger partial charge in [0.25, 0.3) is 5.91 Å². The van der Waals surface area contributed by atoms with E-state index in [1.807, 2.05) is 30.3 Å². The predicted octanol–water partition coefficient (Wildman–Crippen LogP) is 1.87. The average Bonchev–Trinajstić information content (AvgIpc) is 2.75. The van der Waals surface area contributed by atoms with Crippen LogP contribution in [-0.4, -0.2) is 17.9 Å². The van der Waals surface area contributed by atoms with Crippen molar-refractivity contribution in [2.24, 2.45) is 0 Å². The van der Waals surface area contributed by atoms with Gasteiger partial charge in [-0.1, -0.05) is 18.2 Å². The zero-order valence-corrected chi connectivity index (χ0v) is 8.97. The molecule has 3 N–H and O–H groups in total. The summed E-state index contributed by atoms with van der Waals surface area (Å²) in [5.74, 6) is -0.108. The number of amides is 1. The number of aromatic amines is 1. The number of rotatable bonds is 2. The number of anilines is 2. The Morgan fingerprint density at radius 3 is 2.56 bits per heavy atom. The van der Waals surface area contributed by atoms with E-state index in [-0.39, 0.29) is 5.91 Å². The molecule has 0 unspecified atom stereocenters. The Balaban J connectivity index is 2.23. The molecule has 0 atom stereocenters. The fraction of sp³-hybridized carbons (Fsp3) is 0.0833. The topological polar surface area (TPSA) is 62.1 Å². The normalized spacial score (nSPS) is 10.1. The van der Waals surface area contributed by atoms with Gasteiger partial charge in [0.15, 0.2) is 0 Å². The molecule has 0 spiro atoms. The second-order valence-electron chi connectivity index (χ2n) is 3.55. The van der Waals surface area contributed by atoms with Gasteiger partial charge in [-0.2, -0.15) is 0 Å². The molecule has 0 aliphatic rings. The number of aromatic nitrogens is 1. The first-order chi connectivity index (χ1) is 7.68. The number of hydrogen-bond acceptors (Lipinski definition) is 2. The van der Waals surface area contributed by atoms with Crippen LogP contribution in [0.4, 0.5) is 11.4 Å². The maximum absolute atomic E-state index is 12.0. The quantitative estimate of drug-likeness (QED) is 0.803. The minimum absolute atomic E-state index is 0.108. The van der Waals surface area contributed by atoms with E-state index in [0.29, 0.717) is 11.4 Å². The van der Waals surface area contributed by atoms with Gasteiger partial charge >= 0.3 is 0 Å². The summed E-state index contributed by atoms with van der Waals surface area (Å²) >= 11 is 0. The van der Waals surface area contributed by atoms with Gasteiger partial charge in [-0.15, -0.1) is 0 Å². The van der Waals surface area contributed by atoms with Crippen LogP contribution in [-0.2, 0) is 0 Å². The van der Waals surface area contributed by atoms with Crippen LogP contribution in [0.15, 0.2) is 42.6 Å². The predicted molar refractivity (Wildman–Crippen MR) is 64.4 cm³/mol. The molecule has 0 aliphatic carbocycles. The summed E-state index contributed by atoms with van der Waals surface area (Å²) in [6.45, 7) is 0. The molecule has 82 valence electrons. The van der Waals surface area contributed by atoms with Gasteiger partial charge in [0.1, 0.15) is 5.69 Å². The van der Waals surface area contributed by atoms with Crippen molar-refractivity contribution < 1.29 is 4.79 Å². The zero-order chi connectivity index (χ0) is 11.5. The van der Waals surface area contributed by atoms with Crippen LogP contribution < -0.4 is 10.6 Å². The largest absolute Gasteiger partial charge is 0.397 e. The fourth-order valence-electron chi connectivity index (χ4n) is 1.48. The third-order valence-corrected chi connectivity index (χ3v) is 2.38. The number of H-pyrrole nitrogens is 1. The van der Waals surface area contributed by atoms with Crippen molar-refractivity contribution in [2.45, 2.75) is 0 Å². The van der Waals surface area contributed by atoms with E-state index < -0.39 is 0 Å². The van der Waals surface area contributed by atoms with Crippen molar-refractivity contribution in [3.05, 3.63) is 48.3 Å². The van der Waals surface area contributed by atoms with E-state index in [0.717, 1.165) is 5.69 Å². The average molecular weight is 215 g/mol. The number of nitrogens with two attached hydrogens (primary N) is 1. The standard InChI is InChI=1S/C12H13N3O/c1-15(10-5-3-2-4-6-10)12(16)11-7-9(13)8-14-11/h2-8,14H,13H2,1H3. The SMILES string of the molecule is CN(C(=O)c1cc(N)c[nH]1)c1ccccc1. The lowest BCUT2D eigenvalue weighted by atomic mass is 10.3. The number of hydrogen-bond donors (Lipinski definition) is 2. The van der Waals surface area contributed by atoms with E-state index in [1.54, 1.807) is 24.2 Å². The Kier molecular flexibility index (Phi) is 2.64. The highest BCUT2D eigenvalue weighted by atomic mass is 16.2. The molecule has 2 aromatic rings. The molecule has 1 amide bonds. The number of nitrogen functional groups attached to an aromatic ring is 1. The summed E-state index contributed by atoms with van der Waals surface area (Å²) in [5, 5.41) is 0. The third kappa shape index (κ3) is 1.91. The van der Waals surface area contributed by atoms with Crippen LogP contribution in [0.25, 0.3) is 0 Å². The Morgan fingerprint density at radius 1 is 1.31 bits per heavy atom. The van der Waals surface area contributed by atoms with Gasteiger partial charge in [0, 0.05) is 24.6 Å². The van der Waals surface area contributed by atoms with Gasteiger partial charge < -0.3 is 15.6 Å². The first-order valence-corrected chi connectivity index (χ1v) is 4.95. The number of carbonyl (C=O) groups excluding carboxylic acids is 1. The van der Waals surface area contributed by atoms with Gasteiger partial charge in [-0.25, -0.2) is 0 Å².